The summed E-state index contributed by atoms with van der Waals surface area (Å²) >= 11 is 0. The quantitative estimate of drug-likeness (QED) is 0.472. The summed E-state index contributed by atoms with van der Waals surface area (Å²) in [6, 6.07) is 0.141. The van der Waals surface area contributed by atoms with Crippen LogP contribution in [0.5, 0.6) is 0 Å². The molecule has 0 saturated carbocycles. The van der Waals surface area contributed by atoms with Crippen LogP contribution in [0.4, 0.5) is 0 Å². The molecule has 0 aromatic carbocycles. The van der Waals surface area contributed by atoms with E-state index in [-0.39, 0.29) is 29.8 Å². The number of carbonyl (C=O) groups is 2. The van der Waals surface area contributed by atoms with Gasteiger partial charge in [0.1, 0.15) is 0 Å². The number of hydrogen-bond acceptors (Lipinski definition) is 4. The van der Waals surface area contributed by atoms with Gasteiger partial charge in [-0.3, -0.25) is 9.59 Å². The monoisotopic (exact) mass is 211 g/mol. The molecule has 0 aromatic rings. The van der Waals surface area contributed by atoms with Gasteiger partial charge in [0.15, 0.2) is 0 Å². The van der Waals surface area contributed by atoms with Crippen molar-refractivity contribution in [3.63, 3.8) is 0 Å². The number of hydrogen-bond donors (Lipinski definition) is 0. The molecular formula is C11H17NO3. The van der Waals surface area contributed by atoms with Crippen LogP contribution in [0.1, 0.15) is 20.3 Å². The Balaban J connectivity index is 2.28. The molecule has 4 heteroatoms. The van der Waals surface area contributed by atoms with Crippen molar-refractivity contribution in [2.75, 3.05) is 13.6 Å². The van der Waals surface area contributed by atoms with Crippen molar-refractivity contribution in [2.45, 2.75) is 26.3 Å². The lowest BCUT2D eigenvalue weighted by Gasteiger charge is -2.40. The second kappa shape index (κ2) is 3.59. The fourth-order valence-electron chi connectivity index (χ4n) is 2.92. The molecule has 0 spiro atoms. The van der Waals surface area contributed by atoms with Crippen LogP contribution in [0.3, 0.4) is 0 Å². The van der Waals surface area contributed by atoms with E-state index in [0.29, 0.717) is 5.92 Å². The Morgan fingerprint density at radius 1 is 1.33 bits per heavy atom. The van der Waals surface area contributed by atoms with Crippen molar-refractivity contribution in [1.82, 2.24) is 4.90 Å². The van der Waals surface area contributed by atoms with Gasteiger partial charge in [-0.1, -0.05) is 13.8 Å². The fourth-order valence-corrected chi connectivity index (χ4v) is 2.92. The number of esters is 2. The first kappa shape index (κ1) is 10.6. The highest BCUT2D eigenvalue weighted by Crippen LogP contribution is 2.38. The first-order valence-electron chi connectivity index (χ1n) is 5.48. The summed E-state index contributed by atoms with van der Waals surface area (Å²) in [5, 5.41) is 0. The van der Waals surface area contributed by atoms with Gasteiger partial charge in [-0.2, -0.15) is 0 Å². The number of fused-ring (bicyclic) bond motifs is 1. The van der Waals surface area contributed by atoms with E-state index in [1.807, 2.05) is 7.05 Å². The molecule has 2 rings (SSSR count). The van der Waals surface area contributed by atoms with Gasteiger partial charge >= 0.3 is 11.9 Å². The highest BCUT2D eigenvalue weighted by Gasteiger charge is 2.52. The third-order valence-electron chi connectivity index (χ3n) is 3.56. The number of cyclic esters (lactones) is 2. The van der Waals surface area contributed by atoms with Crippen LogP contribution >= 0.6 is 0 Å². The van der Waals surface area contributed by atoms with Crippen LogP contribution in [-0.4, -0.2) is 36.5 Å². The Morgan fingerprint density at radius 3 is 2.60 bits per heavy atom. The van der Waals surface area contributed by atoms with E-state index in [1.165, 1.54) is 0 Å². The molecule has 3 atom stereocenters. The van der Waals surface area contributed by atoms with Gasteiger partial charge in [0, 0.05) is 6.04 Å². The van der Waals surface area contributed by atoms with Gasteiger partial charge in [-0.15, -0.1) is 0 Å². The highest BCUT2D eigenvalue weighted by atomic mass is 16.6. The van der Waals surface area contributed by atoms with Gasteiger partial charge in [0.05, 0.1) is 11.8 Å². The maximum absolute atomic E-state index is 11.6. The van der Waals surface area contributed by atoms with Gasteiger partial charge in [-0.25, -0.2) is 0 Å². The maximum atomic E-state index is 11.6. The normalized spacial score (nSPS) is 36.9. The second-order valence-electron chi connectivity index (χ2n) is 4.88. The summed E-state index contributed by atoms with van der Waals surface area (Å²) in [6.07, 6.45) is 0.745. The van der Waals surface area contributed by atoms with E-state index in [4.69, 9.17) is 4.74 Å². The molecule has 2 aliphatic heterocycles. The summed E-state index contributed by atoms with van der Waals surface area (Å²) in [7, 11) is 2.01. The minimum Gasteiger partial charge on any atom is -0.393 e. The average molecular weight is 211 g/mol. The molecule has 0 N–H and O–H groups in total. The minimum absolute atomic E-state index is 0.141. The largest absolute Gasteiger partial charge is 0.393 e. The van der Waals surface area contributed by atoms with E-state index in [9.17, 15) is 9.59 Å². The molecule has 2 saturated heterocycles. The van der Waals surface area contributed by atoms with Gasteiger partial charge in [0.25, 0.3) is 0 Å². The molecule has 0 amide bonds. The summed E-state index contributed by atoms with van der Waals surface area (Å²) in [6.45, 7) is 5.03. The summed E-state index contributed by atoms with van der Waals surface area (Å²) in [5.41, 5.74) is 0. The zero-order valence-electron chi connectivity index (χ0n) is 9.40. The SMILES string of the molecule is CC(C)C1C2C(=O)OC(=O)C2CCN1C. The van der Waals surface area contributed by atoms with Crippen LogP contribution in [0.25, 0.3) is 0 Å². The molecule has 2 fully saturated rings. The Kier molecular flexibility index (Phi) is 2.54. The molecule has 15 heavy (non-hydrogen) atoms. The minimum atomic E-state index is -0.324. The van der Waals surface area contributed by atoms with Crippen molar-refractivity contribution in [2.24, 2.45) is 17.8 Å². The molecule has 0 aromatic heterocycles. The molecule has 4 nitrogen and oxygen atoms in total. The van der Waals surface area contributed by atoms with Crippen LogP contribution in [-0.2, 0) is 14.3 Å². The predicted molar refractivity (Wildman–Crippen MR) is 54.0 cm³/mol. The number of rotatable bonds is 1. The molecule has 84 valence electrons. The third kappa shape index (κ3) is 1.57. The van der Waals surface area contributed by atoms with E-state index < -0.39 is 0 Å². The lowest BCUT2D eigenvalue weighted by Crippen LogP contribution is -2.51. The number of likely N-dealkylation sites (tertiary alicyclic amines) is 1. The van der Waals surface area contributed by atoms with Crippen LogP contribution in [0.15, 0.2) is 0 Å². The predicted octanol–water partition coefficient (Wildman–Crippen LogP) is 0.662. The van der Waals surface area contributed by atoms with Crippen LogP contribution < -0.4 is 0 Å². The standard InChI is InChI=1S/C11H17NO3/c1-6(2)9-8-7(4-5-12(9)3)10(13)15-11(8)14/h6-9H,4-5H2,1-3H3. The van der Waals surface area contributed by atoms with E-state index >= 15 is 0 Å². The zero-order chi connectivity index (χ0) is 11.2. The van der Waals surface area contributed by atoms with Crippen molar-refractivity contribution >= 4 is 11.9 Å². The van der Waals surface area contributed by atoms with Crippen molar-refractivity contribution < 1.29 is 14.3 Å². The molecule has 3 unspecified atom stereocenters. The van der Waals surface area contributed by atoms with E-state index in [1.54, 1.807) is 0 Å². The maximum Gasteiger partial charge on any atom is 0.319 e. The smallest absolute Gasteiger partial charge is 0.319 e. The number of piperidine rings is 1. The lowest BCUT2D eigenvalue weighted by molar-refractivity contribution is -0.154. The Bertz CT molecular complexity index is 300. The van der Waals surface area contributed by atoms with Crippen molar-refractivity contribution in [1.29, 1.82) is 0 Å². The molecule has 2 heterocycles. The topological polar surface area (TPSA) is 46.6 Å². The Hall–Kier alpha value is -0.900. The van der Waals surface area contributed by atoms with E-state index in [2.05, 4.69) is 18.7 Å². The van der Waals surface area contributed by atoms with Gasteiger partial charge in [0.2, 0.25) is 0 Å². The number of carbonyl (C=O) groups excluding carboxylic acids is 2. The van der Waals surface area contributed by atoms with Crippen LogP contribution in [0, 0.1) is 17.8 Å². The Labute approximate surface area is 89.6 Å². The highest BCUT2D eigenvalue weighted by molar-refractivity contribution is 5.97. The molecule has 0 aliphatic carbocycles. The van der Waals surface area contributed by atoms with E-state index in [0.717, 1.165) is 13.0 Å². The summed E-state index contributed by atoms with van der Waals surface area (Å²) in [4.78, 5) is 25.2. The lowest BCUT2D eigenvalue weighted by atomic mass is 9.77. The summed E-state index contributed by atoms with van der Waals surface area (Å²) in [5.74, 6) is -0.711. The Morgan fingerprint density at radius 2 is 2.00 bits per heavy atom. The zero-order valence-corrected chi connectivity index (χ0v) is 9.40. The first-order valence-corrected chi connectivity index (χ1v) is 5.48. The fraction of sp³-hybridized carbons (Fsp3) is 0.818. The molecular weight excluding hydrogens is 194 g/mol. The summed E-state index contributed by atoms with van der Waals surface area (Å²) < 4.78 is 4.73. The van der Waals surface area contributed by atoms with Crippen LogP contribution in [0.2, 0.25) is 0 Å². The molecule has 0 radical (unpaired) electrons. The first-order chi connectivity index (χ1) is 7.02. The average Bonchev–Trinajstić information content (AvgIpc) is 2.41. The number of nitrogens with zero attached hydrogens (tertiary/aromatic N) is 1. The molecule has 2 aliphatic rings. The number of ether oxygens (including phenoxy) is 1. The van der Waals surface area contributed by atoms with Gasteiger partial charge < -0.3 is 9.64 Å². The third-order valence-corrected chi connectivity index (χ3v) is 3.56. The molecule has 0 bridgehead atoms. The second-order valence-corrected chi connectivity index (χ2v) is 4.88. The van der Waals surface area contributed by atoms with Gasteiger partial charge in [-0.05, 0) is 25.9 Å². The van der Waals surface area contributed by atoms with Crippen molar-refractivity contribution in [3.8, 4) is 0 Å². The van der Waals surface area contributed by atoms with Crippen molar-refractivity contribution in [3.05, 3.63) is 0 Å².